The third-order valence-electron chi connectivity index (χ3n) is 3.94. The fourth-order valence-corrected chi connectivity index (χ4v) is 3.56. The molecule has 0 radical (unpaired) electrons. The summed E-state index contributed by atoms with van der Waals surface area (Å²) in [4.78, 5) is 14.2. The molecule has 134 valence electrons. The number of benzene rings is 2. The molecule has 26 heavy (non-hydrogen) atoms. The van der Waals surface area contributed by atoms with Crippen molar-refractivity contribution < 1.29 is 13.2 Å². The minimum Gasteiger partial charge on any atom is -0.337 e. The summed E-state index contributed by atoms with van der Waals surface area (Å²) in [5, 5.41) is 4.31. The van der Waals surface area contributed by atoms with Crippen molar-refractivity contribution in [2.24, 2.45) is 0 Å². The lowest BCUT2D eigenvalue weighted by Gasteiger charge is -2.17. The fraction of sp³-hybridized carbons (Fsp3) is 0.158. The van der Waals surface area contributed by atoms with E-state index in [1.165, 1.54) is 17.0 Å². The molecule has 1 amide bonds. The van der Waals surface area contributed by atoms with Gasteiger partial charge in [0.05, 0.1) is 22.3 Å². The molecule has 0 spiro atoms. The summed E-state index contributed by atoms with van der Waals surface area (Å²) in [6.45, 7) is 0.323. The van der Waals surface area contributed by atoms with Crippen LogP contribution in [0.4, 0.5) is 0 Å². The Kier molecular flexibility index (Phi) is 4.90. The molecule has 0 fully saturated rings. The van der Waals surface area contributed by atoms with Gasteiger partial charge in [0.2, 0.25) is 0 Å². The van der Waals surface area contributed by atoms with Crippen LogP contribution in [0.1, 0.15) is 15.9 Å². The highest BCUT2D eigenvalue weighted by Crippen LogP contribution is 2.18. The highest BCUT2D eigenvalue weighted by Gasteiger charge is 2.21. The number of nitrogens with zero attached hydrogens (tertiary/aromatic N) is 3. The van der Waals surface area contributed by atoms with E-state index >= 15 is 0 Å². The van der Waals surface area contributed by atoms with E-state index in [1.54, 1.807) is 30.1 Å². The molecule has 0 aliphatic rings. The van der Waals surface area contributed by atoms with Crippen molar-refractivity contribution >= 4 is 15.7 Å². The van der Waals surface area contributed by atoms with E-state index in [2.05, 4.69) is 5.10 Å². The van der Waals surface area contributed by atoms with Gasteiger partial charge in [-0.3, -0.25) is 4.79 Å². The monoisotopic (exact) mass is 369 g/mol. The van der Waals surface area contributed by atoms with Crippen LogP contribution >= 0.6 is 0 Å². The second-order valence-corrected chi connectivity index (χ2v) is 8.04. The van der Waals surface area contributed by atoms with Crippen LogP contribution in [-0.2, 0) is 16.4 Å². The highest BCUT2D eigenvalue weighted by atomic mass is 32.2. The number of aromatic nitrogens is 2. The van der Waals surface area contributed by atoms with Gasteiger partial charge < -0.3 is 4.90 Å². The topological polar surface area (TPSA) is 72.3 Å². The quantitative estimate of drug-likeness (QED) is 0.693. The minimum atomic E-state index is -3.48. The zero-order valence-corrected chi connectivity index (χ0v) is 15.3. The van der Waals surface area contributed by atoms with Crippen LogP contribution < -0.4 is 0 Å². The summed E-state index contributed by atoms with van der Waals surface area (Å²) >= 11 is 0. The first-order valence-electron chi connectivity index (χ1n) is 8.00. The van der Waals surface area contributed by atoms with E-state index in [0.29, 0.717) is 6.54 Å². The Labute approximate surface area is 152 Å². The molecule has 3 rings (SSSR count). The minimum absolute atomic E-state index is 0.0387. The van der Waals surface area contributed by atoms with Gasteiger partial charge >= 0.3 is 0 Å². The summed E-state index contributed by atoms with van der Waals surface area (Å²) in [5.41, 5.74) is 1.95. The zero-order chi connectivity index (χ0) is 18.7. The molecule has 0 bridgehead atoms. The van der Waals surface area contributed by atoms with Gasteiger partial charge in [-0.25, -0.2) is 13.1 Å². The van der Waals surface area contributed by atoms with E-state index in [4.69, 9.17) is 0 Å². The van der Waals surface area contributed by atoms with Crippen molar-refractivity contribution in [3.63, 3.8) is 0 Å². The highest BCUT2D eigenvalue weighted by molar-refractivity contribution is 7.90. The van der Waals surface area contributed by atoms with Crippen molar-refractivity contribution in [1.82, 2.24) is 14.7 Å². The number of amides is 1. The van der Waals surface area contributed by atoms with Crippen LogP contribution in [-0.4, -0.2) is 42.3 Å². The lowest BCUT2D eigenvalue weighted by atomic mass is 10.2. The first-order valence-corrected chi connectivity index (χ1v) is 9.89. The van der Waals surface area contributed by atoms with Crippen molar-refractivity contribution in [3.05, 3.63) is 78.1 Å². The van der Waals surface area contributed by atoms with E-state index in [9.17, 15) is 13.2 Å². The van der Waals surface area contributed by atoms with Crippen LogP contribution in [0.15, 0.2) is 71.9 Å². The van der Waals surface area contributed by atoms with Crippen molar-refractivity contribution in [3.8, 4) is 5.69 Å². The van der Waals surface area contributed by atoms with Gasteiger partial charge in [-0.2, -0.15) is 5.10 Å². The van der Waals surface area contributed by atoms with Crippen LogP contribution in [0.5, 0.6) is 0 Å². The number of carbonyl (C=O) groups excluding carboxylic acids is 1. The Morgan fingerprint density at radius 1 is 1.08 bits per heavy atom. The molecule has 0 unspecified atom stereocenters. The molecule has 6 nitrogen and oxygen atoms in total. The van der Waals surface area contributed by atoms with Crippen LogP contribution in [0.25, 0.3) is 5.69 Å². The standard InChI is InChI=1S/C19H19N3O3S/c1-21(19(23)17-10-6-7-11-18(17)26(2,24)25)13-15-12-20-22(14-15)16-8-4-3-5-9-16/h3-12,14H,13H2,1-2H3. The summed E-state index contributed by atoms with van der Waals surface area (Å²) in [5.74, 6) is -0.349. The smallest absolute Gasteiger partial charge is 0.255 e. The van der Waals surface area contributed by atoms with Gasteiger partial charge in [0, 0.05) is 31.6 Å². The van der Waals surface area contributed by atoms with Gasteiger partial charge in [0.25, 0.3) is 5.91 Å². The van der Waals surface area contributed by atoms with Crippen molar-refractivity contribution in [2.45, 2.75) is 11.4 Å². The molecule has 0 saturated heterocycles. The van der Waals surface area contributed by atoms with Gasteiger partial charge in [-0.15, -0.1) is 0 Å². The summed E-state index contributed by atoms with van der Waals surface area (Å²) < 4.78 is 25.6. The maximum atomic E-state index is 12.7. The molecule has 0 aliphatic carbocycles. The normalized spacial score (nSPS) is 11.3. The first-order chi connectivity index (χ1) is 12.4. The molecular weight excluding hydrogens is 350 g/mol. The fourth-order valence-electron chi connectivity index (χ4n) is 2.68. The molecular formula is C19H19N3O3S. The van der Waals surface area contributed by atoms with Gasteiger partial charge in [0.1, 0.15) is 0 Å². The number of carbonyl (C=O) groups is 1. The van der Waals surface area contributed by atoms with Crippen LogP contribution in [0.3, 0.4) is 0 Å². The zero-order valence-electron chi connectivity index (χ0n) is 14.5. The molecule has 1 aromatic heterocycles. The average molecular weight is 369 g/mol. The van der Waals surface area contributed by atoms with Crippen LogP contribution in [0.2, 0.25) is 0 Å². The molecule has 7 heteroatoms. The third-order valence-corrected chi connectivity index (χ3v) is 5.10. The second kappa shape index (κ2) is 7.13. The average Bonchev–Trinajstić information content (AvgIpc) is 3.09. The molecule has 1 heterocycles. The Morgan fingerprint density at radius 3 is 2.42 bits per heavy atom. The summed E-state index contributed by atoms with van der Waals surface area (Å²) in [6.07, 6.45) is 4.64. The predicted octanol–water partition coefficient (Wildman–Crippen LogP) is 2.55. The number of hydrogen-bond donors (Lipinski definition) is 0. The SMILES string of the molecule is CN(Cc1cnn(-c2ccccc2)c1)C(=O)c1ccccc1S(C)(=O)=O. The Morgan fingerprint density at radius 2 is 1.73 bits per heavy atom. The molecule has 0 saturated carbocycles. The molecule has 0 atom stereocenters. The number of para-hydroxylation sites is 1. The van der Waals surface area contributed by atoms with E-state index < -0.39 is 9.84 Å². The molecule has 0 aliphatic heterocycles. The number of rotatable bonds is 5. The number of hydrogen-bond acceptors (Lipinski definition) is 4. The maximum Gasteiger partial charge on any atom is 0.255 e. The van der Waals surface area contributed by atoms with E-state index in [0.717, 1.165) is 17.5 Å². The Hall–Kier alpha value is -2.93. The number of sulfone groups is 1. The maximum absolute atomic E-state index is 12.7. The van der Waals surface area contributed by atoms with Crippen molar-refractivity contribution in [2.75, 3.05) is 13.3 Å². The van der Waals surface area contributed by atoms with Crippen LogP contribution in [0, 0.1) is 0 Å². The summed E-state index contributed by atoms with van der Waals surface area (Å²) in [6, 6.07) is 15.9. The lowest BCUT2D eigenvalue weighted by molar-refractivity contribution is 0.0781. The van der Waals surface area contributed by atoms with Crippen molar-refractivity contribution in [1.29, 1.82) is 0 Å². The molecule has 0 N–H and O–H groups in total. The predicted molar refractivity (Wildman–Crippen MR) is 98.9 cm³/mol. The Balaban J connectivity index is 1.80. The third kappa shape index (κ3) is 3.83. The van der Waals surface area contributed by atoms with Gasteiger partial charge in [-0.05, 0) is 24.3 Å². The molecule has 2 aromatic carbocycles. The largest absolute Gasteiger partial charge is 0.337 e. The molecule has 3 aromatic rings. The van der Waals surface area contributed by atoms with Gasteiger partial charge in [0.15, 0.2) is 9.84 Å². The first kappa shape index (κ1) is 17.9. The van der Waals surface area contributed by atoms with Gasteiger partial charge in [-0.1, -0.05) is 30.3 Å². The van der Waals surface area contributed by atoms with E-state index in [-0.39, 0.29) is 16.4 Å². The lowest BCUT2D eigenvalue weighted by Crippen LogP contribution is -2.27. The summed E-state index contributed by atoms with van der Waals surface area (Å²) in [7, 11) is -1.84. The van der Waals surface area contributed by atoms with E-state index in [1.807, 2.05) is 36.5 Å². The Bertz CT molecular complexity index is 1030. The second-order valence-electron chi connectivity index (χ2n) is 6.06.